The lowest BCUT2D eigenvalue weighted by atomic mass is 10.1. The van der Waals surface area contributed by atoms with Gasteiger partial charge >= 0.3 is 0 Å². The largest absolute Gasteiger partial charge is 0.329 e. The first-order valence-corrected chi connectivity index (χ1v) is 5.61. The number of fused-ring (bicyclic) bond motifs is 2. The van der Waals surface area contributed by atoms with E-state index in [9.17, 15) is 0 Å². The Labute approximate surface area is 96.8 Å². The molecule has 2 aliphatic heterocycles. The highest BCUT2D eigenvalue weighted by Gasteiger charge is 2.17. The highest BCUT2D eigenvalue weighted by atomic mass is 79.9. The number of hydrogen-bond acceptors (Lipinski definition) is 2. The Morgan fingerprint density at radius 1 is 1.27 bits per heavy atom. The van der Waals surface area contributed by atoms with E-state index in [0.717, 1.165) is 22.5 Å². The van der Waals surface area contributed by atoms with Crippen molar-refractivity contribution in [3.63, 3.8) is 0 Å². The molecular weight excluding hydrogens is 252 g/mol. The fourth-order valence-electron chi connectivity index (χ4n) is 1.80. The predicted octanol–water partition coefficient (Wildman–Crippen LogP) is 3.38. The van der Waals surface area contributed by atoms with Crippen molar-refractivity contribution in [3.05, 3.63) is 52.7 Å². The molecule has 0 fully saturated rings. The normalized spacial score (nSPS) is 17.1. The first-order chi connectivity index (χ1) is 7.33. The summed E-state index contributed by atoms with van der Waals surface area (Å²) >= 11 is 3.48. The number of halogens is 1. The van der Waals surface area contributed by atoms with Crippen LogP contribution in [0.3, 0.4) is 0 Å². The standard InChI is InChI=1S/C12H9BrN2/c13-10-4-5-11-9(7-10)8-15-6-2-1-3-12(15)14-11/h1-7H,8H2. The molecule has 2 aliphatic rings. The molecule has 1 aromatic carbocycles. The lowest BCUT2D eigenvalue weighted by Crippen LogP contribution is -2.27. The van der Waals surface area contributed by atoms with Gasteiger partial charge in [-0.1, -0.05) is 22.0 Å². The molecule has 15 heavy (non-hydrogen) atoms. The third-order valence-corrected chi connectivity index (χ3v) is 3.03. The summed E-state index contributed by atoms with van der Waals surface area (Å²) in [5, 5.41) is 0. The molecule has 3 rings (SSSR count). The molecule has 0 aromatic heterocycles. The van der Waals surface area contributed by atoms with Crippen LogP contribution in [-0.4, -0.2) is 10.7 Å². The van der Waals surface area contributed by atoms with E-state index in [4.69, 9.17) is 0 Å². The van der Waals surface area contributed by atoms with E-state index in [-0.39, 0.29) is 0 Å². The van der Waals surface area contributed by atoms with Crippen LogP contribution in [0.5, 0.6) is 0 Å². The topological polar surface area (TPSA) is 15.6 Å². The Morgan fingerprint density at radius 2 is 2.20 bits per heavy atom. The highest BCUT2D eigenvalue weighted by Crippen LogP contribution is 2.29. The van der Waals surface area contributed by atoms with Gasteiger partial charge in [-0.2, -0.15) is 0 Å². The van der Waals surface area contributed by atoms with E-state index in [2.05, 4.69) is 44.2 Å². The summed E-state index contributed by atoms with van der Waals surface area (Å²) in [6, 6.07) is 6.21. The fraction of sp³-hybridized carbons (Fsp3) is 0.0833. The van der Waals surface area contributed by atoms with Crippen molar-refractivity contribution in [2.45, 2.75) is 6.54 Å². The molecule has 0 radical (unpaired) electrons. The lowest BCUT2D eigenvalue weighted by Gasteiger charge is -2.27. The van der Waals surface area contributed by atoms with Gasteiger partial charge in [0.2, 0.25) is 0 Å². The summed E-state index contributed by atoms with van der Waals surface area (Å²) in [6.07, 6.45) is 8.13. The van der Waals surface area contributed by atoms with Crippen LogP contribution in [0.1, 0.15) is 5.56 Å². The maximum Gasteiger partial charge on any atom is 0.133 e. The van der Waals surface area contributed by atoms with Gasteiger partial charge in [-0.05, 0) is 35.9 Å². The van der Waals surface area contributed by atoms with Crippen LogP contribution in [-0.2, 0) is 6.54 Å². The zero-order chi connectivity index (χ0) is 10.3. The molecule has 0 spiro atoms. The van der Waals surface area contributed by atoms with E-state index in [1.165, 1.54) is 5.56 Å². The number of aliphatic imine (C=N–C) groups is 1. The van der Waals surface area contributed by atoms with Gasteiger partial charge in [0.05, 0.1) is 12.2 Å². The van der Waals surface area contributed by atoms with Gasteiger partial charge in [-0.15, -0.1) is 0 Å². The molecule has 0 bridgehead atoms. The second-order valence-electron chi connectivity index (χ2n) is 3.57. The SMILES string of the molecule is Brc1ccc2c(c1)CN1C=CC=CC1=N2. The third-order valence-electron chi connectivity index (χ3n) is 2.53. The zero-order valence-corrected chi connectivity index (χ0v) is 9.61. The lowest BCUT2D eigenvalue weighted by molar-refractivity contribution is 0.544. The highest BCUT2D eigenvalue weighted by molar-refractivity contribution is 9.10. The Hall–Kier alpha value is -1.35. The molecule has 0 amide bonds. The number of hydrogen-bond donors (Lipinski definition) is 0. The van der Waals surface area contributed by atoms with Crippen LogP contribution in [0.2, 0.25) is 0 Å². The maximum absolute atomic E-state index is 4.59. The zero-order valence-electron chi connectivity index (χ0n) is 8.02. The molecule has 0 saturated heterocycles. The second-order valence-corrected chi connectivity index (χ2v) is 4.49. The maximum atomic E-state index is 4.59. The minimum absolute atomic E-state index is 0.897. The van der Waals surface area contributed by atoms with Crippen molar-refractivity contribution >= 4 is 27.5 Å². The van der Waals surface area contributed by atoms with Crippen LogP contribution in [0, 0.1) is 0 Å². The van der Waals surface area contributed by atoms with Gasteiger partial charge in [-0.25, -0.2) is 4.99 Å². The minimum atomic E-state index is 0.897. The number of nitrogens with zero attached hydrogens (tertiary/aromatic N) is 2. The van der Waals surface area contributed by atoms with Crippen molar-refractivity contribution in [1.29, 1.82) is 0 Å². The molecule has 2 nitrogen and oxygen atoms in total. The van der Waals surface area contributed by atoms with Crippen LogP contribution in [0.4, 0.5) is 5.69 Å². The van der Waals surface area contributed by atoms with Crippen LogP contribution < -0.4 is 0 Å². The summed E-state index contributed by atoms with van der Waals surface area (Å²) in [7, 11) is 0. The Morgan fingerprint density at radius 3 is 3.13 bits per heavy atom. The molecule has 3 heteroatoms. The third kappa shape index (κ3) is 1.53. The van der Waals surface area contributed by atoms with Crippen molar-refractivity contribution in [3.8, 4) is 0 Å². The smallest absolute Gasteiger partial charge is 0.133 e. The second kappa shape index (κ2) is 3.35. The van der Waals surface area contributed by atoms with Gasteiger partial charge < -0.3 is 4.90 Å². The van der Waals surface area contributed by atoms with E-state index in [1.807, 2.05) is 24.3 Å². The minimum Gasteiger partial charge on any atom is -0.329 e. The molecule has 1 aromatic rings. The van der Waals surface area contributed by atoms with E-state index >= 15 is 0 Å². The van der Waals surface area contributed by atoms with Crippen LogP contribution in [0.25, 0.3) is 0 Å². The molecule has 0 atom stereocenters. The van der Waals surface area contributed by atoms with Crippen LogP contribution in [0.15, 0.2) is 52.1 Å². The van der Waals surface area contributed by atoms with Crippen molar-refractivity contribution in [2.75, 3.05) is 0 Å². The monoisotopic (exact) mass is 260 g/mol. The summed E-state index contributed by atoms with van der Waals surface area (Å²) in [5.41, 5.74) is 2.33. The van der Waals surface area contributed by atoms with Gasteiger partial charge in [-0.3, -0.25) is 0 Å². The van der Waals surface area contributed by atoms with Gasteiger partial charge in [0.25, 0.3) is 0 Å². The molecule has 2 heterocycles. The number of benzene rings is 1. The molecule has 0 unspecified atom stereocenters. The van der Waals surface area contributed by atoms with E-state index in [0.29, 0.717) is 0 Å². The quantitative estimate of drug-likeness (QED) is 0.699. The first kappa shape index (κ1) is 8.92. The molecule has 0 aliphatic carbocycles. The average molecular weight is 261 g/mol. The summed E-state index contributed by atoms with van der Waals surface area (Å²) in [6.45, 7) is 0.897. The Bertz CT molecular complexity index is 500. The van der Waals surface area contributed by atoms with Crippen molar-refractivity contribution < 1.29 is 0 Å². The van der Waals surface area contributed by atoms with Gasteiger partial charge in [0, 0.05) is 10.7 Å². The van der Waals surface area contributed by atoms with E-state index in [1.54, 1.807) is 0 Å². The summed E-state index contributed by atoms with van der Waals surface area (Å²) in [5.74, 6) is 1.02. The fourth-order valence-corrected chi connectivity index (χ4v) is 2.21. The van der Waals surface area contributed by atoms with Crippen molar-refractivity contribution in [2.24, 2.45) is 4.99 Å². The summed E-state index contributed by atoms with van der Waals surface area (Å²) < 4.78 is 1.11. The van der Waals surface area contributed by atoms with Crippen LogP contribution >= 0.6 is 15.9 Å². The Kier molecular flexibility index (Phi) is 1.99. The number of allylic oxidation sites excluding steroid dienone is 2. The van der Waals surface area contributed by atoms with Gasteiger partial charge in [0.1, 0.15) is 5.84 Å². The number of rotatable bonds is 0. The predicted molar refractivity (Wildman–Crippen MR) is 65.1 cm³/mol. The van der Waals surface area contributed by atoms with Crippen molar-refractivity contribution in [1.82, 2.24) is 4.90 Å². The first-order valence-electron chi connectivity index (χ1n) is 4.81. The average Bonchev–Trinajstić information content (AvgIpc) is 2.26. The van der Waals surface area contributed by atoms with Gasteiger partial charge in [0.15, 0.2) is 0 Å². The molecule has 0 N–H and O–H groups in total. The van der Waals surface area contributed by atoms with E-state index < -0.39 is 0 Å². The molecule has 74 valence electrons. The Balaban J connectivity index is 2.12. The molecular formula is C12H9BrN2. The summed E-state index contributed by atoms with van der Waals surface area (Å²) in [4.78, 5) is 6.74. The molecule has 0 saturated carbocycles. The number of amidine groups is 1.